The molecule has 6 rings (SSSR count). The topological polar surface area (TPSA) is 57.0 Å². The molecule has 0 saturated heterocycles. The van der Waals surface area contributed by atoms with Crippen LogP contribution in [0.3, 0.4) is 0 Å². The zero-order chi connectivity index (χ0) is 19.6. The van der Waals surface area contributed by atoms with Crippen LogP contribution in [-0.4, -0.2) is 24.9 Å². The van der Waals surface area contributed by atoms with E-state index in [-0.39, 0.29) is 18.1 Å². The van der Waals surface area contributed by atoms with Gasteiger partial charge in [-0.3, -0.25) is 0 Å². The number of hydrogen-bond donors (Lipinski definition) is 0. The van der Waals surface area contributed by atoms with E-state index in [9.17, 15) is 0 Å². The molecule has 0 radical (unpaired) electrons. The summed E-state index contributed by atoms with van der Waals surface area (Å²) in [7, 11) is 0. The number of nitrogens with zero attached hydrogens (tertiary/aromatic N) is 2. The number of rotatable bonds is 3. The zero-order valence-corrected chi connectivity index (χ0v) is 16.5. The Bertz CT molecular complexity index is 1110. The summed E-state index contributed by atoms with van der Waals surface area (Å²) < 4.78 is 23.3. The molecule has 6 heteroatoms. The van der Waals surface area contributed by atoms with Crippen molar-refractivity contribution in [1.82, 2.24) is 4.98 Å². The molecule has 3 aromatic rings. The molecule has 1 unspecified atom stereocenters. The van der Waals surface area contributed by atoms with Gasteiger partial charge < -0.3 is 23.5 Å². The lowest BCUT2D eigenvalue weighted by Crippen LogP contribution is -2.35. The van der Waals surface area contributed by atoms with Gasteiger partial charge in [0.1, 0.15) is 18.1 Å². The number of oxazole rings is 1. The molecule has 3 aliphatic heterocycles. The zero-order valence-electron chi connectivity index (χ0n) is 16.5. The van der Waals surface area contributed by atoms with Gasteiger partial charge in [-0.15, -0.1) is 0 Å². The summed E-state index contributed by atoms with van der Waals surface area (Å²) in [5.41, 5.74) is 3.43. The fraction of sp³-hybridized carbons (Fsp3) is 0.348. The van der Waals surface area contributed by atoms with E-state index in [0.29, 0.717) is 13.2 Å². The second kappa shape index (κ2) is 5.92. The first-order chi connectivity index (χ1) is 14.1. The van der Waals surface area contributed by atoms with Crippen LogP contribution in [0.15, 0.2) is 47.0 Å². The third-order valence-corrected chi connectivity index (χ3v) is 6.10. The molecule has 6 nitrogen and oxygen atoms in total. The van der Waals surface area contributed by atoms with E-state index >= 15 is 0 Å². The van der Waals surface area contributed by atoms with Gasteiger partial charge in [-0.25, -0.2) is 4.98 Å². The molecule has 148 valence electrons. The smallest absolute Gasteiger partial charge is 0.231 e. The summed E-state index contributed by atoms with van der Waals surface area (Å²) in [4.78, 5) is 6.79. The molecule has 29 heavy (non-hydrogen) atoms. The monoisotopic (exact) mass is 390 g/mol. The van der Waals surface area contributed by atoms with E-state index in [1.54, 1.807) is 0 Å². The number of anilines is 1. The lowest BCUT2D eigenvalue weighted by atomic mass is 9.77. The average molecular weight is 390 g/mol. The minimum atomic E-state index is -0.228. The third kappa shape index (κ3) is 2.38. The second-order valence-electron chi connectivity index (χ2n) is 8.27. The summed E-state index contributed by atoms with van der Waals surface area (Å²) in [5, 5.41) is 0. The molecule has 0 bridgehead atoms. The van der Waals surface area contributed by atoms with Gasteiger partial charge in [-0.2, -0.15) is 0 Å². The van der Waals surface area contributed by atoms with E-state index in [4.69, 9.17) is 18.6 Å². The molecule has 2 aromatic carbocycles. The van der Waals surface area contributed by atoms with Crippen molar-refractivity contribution in [3.63, 3.8) is 0 Å². The average Bonchev–Trinajstić information content (AvgIpc) is 3.49. The quantitative estimate of drug-likeness (QED) is 0.667. The molecule has 0 aliphatic carbocycles. The predicted octanol–water partition coefficient (Wildman–Crippen LogP) is 4.23. The molecule has 1 spiro atoms. The maximum absolute atomic E-state index is 6.15. The predicted molar refractivity (Wildman–Crippen MR) is 107 cm³/mol. The van der Waals surface area contributed by atoms with Crippen LogP contribution in [0.2, 0.25) is 0 Å². The lowest BCUT2D eigenvalue weighted by Gasteiger charge is -2.24. The minimum absolute atomic E-state index is 0.228. The van der Waals surface area contributed by atoms with Crippen molar-refractivity contribution in [2.24, 2.45) is 0 Å². The maximum atomic E-state index is 6.15. The highest BCUT2D eigenvalue weighted by Gasteiger charge is 2.50. The van der Waals surface area contributed by atoms with E-state index in [1.807, 2.05) is 12.3 Å². The molecule has 1 aromatic heterocycles. The second-order valence-corrected chi connectivity index (χ2v) is 8.27. The van der Waals surface area contributed by atoms with Crippen molar-refractivity contribution in [2.45, 2.75) is 31.7 Å². The Morgan fingerprint density at radius 1 is 1.03 bits per heavy atom. The molecule has 1 atom stereocenters. The first-order valence-corrected chi connectivity index (χ1v) is 10.00. The Kier molecular flexibility index (Phi) is 3.43. The van der Waals surface area contributed by atoms with E-state index in [2.05, 4.69) is 54.1 Å². The lowest BCUT2D eigenvalue weighted by molar-refractivity contribution is 0.173. The highest BCUT2D eigenvalue weighted by Crippen LogP contribution is 2.54. The Balaban J connectivity index is 1.41. The van der Waals surface area contributed by atoms with Gasteiger partial charge in [0, 0.05) is 29.8 Å². The number of benzene rings is 2. The van der Waals surface area contributed by atoms with Crippen LogP contribution in [-0.2, 0) is 12.0 Å². The van der Waals surface area contributed by atoms with Crippen molar-refractivity contribution >= 4 is 5.69 Å². The Labute approximate surface area is 169 Å². The van der Waals surface area contributed by atoms with Gasteiger partial charge in [-0.05, 0) is 17.7 Å². The number of hydrogen-bond acceptors (Lipinski definition) is 6. The van der Waals surface area contributed by atoms with Crippen LogP contribution in [0, 0.1) is 0 Å². The van der Waals surface area contributed by atoms with Gasteiger partial charge in [0.25, 0.3) is 0 Å². The summed E-state index contributed by atoms with van der Waals surface area (Å²) in [6.07, 6.45) is 1.85. The van der Waals surface area contributed by atoms with E-state index in [1.165, 1.54) is 11.3 Å². The summed E-state index contributed by atoms with van der Waals surface area (Å²) in [6.45, 7) is 6.54. The van der Waals surface area contributed by atoms with Crippen LogP contribution < -0.4 is 19.1 Å². The van der Waals surface area contributed by atoms with Crippen molar-refractivity contribution in [1.29, 1.82) is 0 Å². The van der Waals surface area contributed by atoms with E-state index < -0.39 is 0 Å². The maximum Gasteiger partial charge on any atom is 0.231 e. The van der Waals surface area contributed by atoms with Crippen molar-refractivity contribution < 1.29 is 18.6 Å². The molecule has 0 N–H and O–H groups in total. The molecule has 4 heterocycles. The first-order valence-electron chi connectivity index (χ1n) is 10.00. The summed E-state index contributed by atoms with van der Waals surface area (Å²) >= 11 is 0. The van der Waals surface area contributed by atoms with E-state index in [0.717, 1.165) is 41.0 Å². The minimum Gasteiger partial charge on any atom is -0.492 e. The Morgan fingerprint density at radius 3 is 2.69 bits per heavy atom. The summed E-state index contributed by atoms with van der Waals surface area (Å²) in [5.74, 6) is 4.37. The Hall–Kier alpha value is -3.15. The third-order valence-electron chi connectivity index (χ3n) is 6.10. The highest BCUT2D eigenvalue weighted by molar-refractivity contribution is 5.70. The number of aromatic nitrogens is 1. The molecule has 0 saturated carbocycles. The fourth-order valence-electron chi connectivity index (χ4n) is 4.69. The van der Waals surface area contributed by atoms with Crippen LogP contribution in [0.4, 0.5) is 5.69 Å². The molecular formula is C23H22N2O4. The van der Waals surface area contributed by atoms with Crippen LogP contribution in [0.25, 0.3) is 0 Å². The number of fused-ring (bicyclic) bond motifs is 5. The first kappa shape index (κ1) is 16.8. The Morgan fingerprint density at radius 2 is 1.86 bits per heavy atom. The number of para-hydroxylation sites is 1. The van der Waals surface area contributed by atoms with Crippen LogP contribution in [0.1, 0.15) is 42.5 Å². The standard InChI is InChI=1S/C23H22N2O4/c1-14(2)22-24-9-15(29-22)10-25-11-23(16-5-3-4-6-18(16)25)12-26-19-8-21-20(7-17(19)23)27-13-28-21/h3-9,14H,10-13H2,1-2H3. The van der Waals surface area contributed by atoms with Gasteiger partial charge in [0.2, 0.25) is 6.79 Å². The molecule has 0 fully saturated rings. The van der Waals surface area contributed by atoms with Crippen LogP contribution >= 0.6 is 0 Å². The van der Waals surface area contributed by atoms with Crippen molar-refractivity contribution in [2.75, 3.05) is 24.8 Å². The van der Waals surface area contributed by atoms with Gasteiger partial charge in [0.05, 0.1) is 18.2 Å². The van der Waals surface area contributed by atoms with Crippen molar-refractivity contribution in [3.05, 3.63) is 65.4 Å². The molecular weight excluding hydrogens is 368 g/mol. The normalized spacial score (nSPS) is 21.0. The fourth-order valence-corrected chi connectivity index (χ4v) is 4.69. The highest BCUT2D eigenvalue weighted by atomic mass is 16.7. The molecule has 3 aliphatic rings. The molecule has 0 amide bonds. The number of ether oxygens (including phenoxy) is 3. The van der Waals surface area contributed by atoms with Gasteiger partial charge >= 0.3 is 0 Å². The van der Waals surface area contributed by atoms with Gasteiger partial charge in [0.15, 0.2) is 17.4 Å². The summed E-state index contributed by atoms with van der Waals surface area (Å²) in [6, 6.07) is 12.6. The van der Waals surface area contributed by atoms with Crippen LogP contribution in [0.5, 0.6) is 17.2 Å². The van der Waals surface area contributed by atoms with Crippen molar-refractivity contribution in [3.8, 4) is 17.2 Å². The largest absolute Gasteiger partial charge is 0.492 e. The SMILES string of the molecule is CC(C)c1ncc(CN2CC3(COc4cc5c(cc43)OCO5)c3ccccc32)o1. The van der Waals surface area contributed by atoms with Gasteiger partial charge in [-0.1, -0.05) is 32.0 Å².